The first-order chi connectivity index (χ1) is 11.9. The summed E-state index contributed by atoms with van der Waals surface area (Å²) in [6.07, 6.45) is 0.997. The Morgan fingerprint density at radius 1 is 1.12 bits per heavy atom. The van der Waals surface area contributed by atoms with Gasteiger partial charge < -0.3 is 5.11 Å². The summed E-state index contributed by atoms with van der Waals surface area (Å²) in [6, 6.07) is 8.40. The lowest BCUT2D eigenvalue weighted by Gasteiger charge is -2.14. The van der Waals surface area contributed by atoms with Gasteiger partial charge in [-0.15, -0.1) is 0 Å². The van der Waals surface area contributed by atoms with Crippen LogP contribution in [0.4, 0.5) is 15.8 Å². The third-order valence-electron chi connectivity index (χ3n) is 3.50. The molecule has 2 aromatic carbocycles. The topological polar surface area (TPSA) is 116 Å². The van der Waals surface area contributed by atoms with Crippen LogP contribution in [0.15, 0.2) is 48.0 Å². The molecule has 2 aromatic rings. The van der Waals surface area contributed by atoms with Crippen molar-refractivity contribution in [3.05, 3.63) is 69.5 Å². The van der Waals surface area contributed by atoms with Crippen LogP contribution in [-0.4, -0.2) is 16.7 Å². The normalized spacial score (nSPS) is 15.6. The summed E-state index contributed by atoms with van der Waals surface area (Å²) in [6.45, 7) is 0. The molecule has 1 aliphatic rings. The quantitative estimate of drug-likeness (QED) is 0.390. The number of rotatable bonds is 3. The molecule has 2 amide bonds. The van der Waals surface area contributed by atoms with Crippen LogP contribution in [0.25, 0.3) is 6.08 Å². The van der Waals surface area contributed by atoms with Crippen molar-refractivity contribution in [2.24, 2.45) is 0 Å². The predicted molar refractivity (Wildman–Crippen MR) is 82.5 cm³/mol. The number of nitro benzene ring substituents is 1. The van der Waals surface area contributed by atoms with E-state index in [2.05, 4.69) is 5.43 Å². The molecule has 3 rings (SSSR count). The molecule has 0 saturated carbocycles. The molecule has 9 heteroatoms. The maximum Gasteiger partial charge on any atom is 0.282 e. The van der Waals surface area contributed by atoms with Gasteiger partial charge in [-0.25, -0.2) is 9.40 Å². The smallest absolute Gasteiger partial charge is 0.282 e. The number of carbonyl (C=O) groups excluding carboxylic acids is 2. The van der Waals surface area contributed by atoms with E-state index in [-0.39, 0.29) is 16.8 Å². The van der Waals surface area contributed by atoms with Crippen LogP contribution >= 0.6 is 0 Å². The highest BCUT2D eigenvalue weighted by Gasteiger charge is 2.34. The summed E-state index contributed by atoms with van der Waals surface area (Å²) >= 11 is 0. The fraction of sp³-hybridized carbons (Fsp3) is 0. The van der Waals surface area contributed by atoms with E-state index >= 15 is 0 Å². The van der Waals surface area contributed by atoms with E-state index < -0.39 is 34.0 Å². The van der Waals surface area contributed by atoms with Gasteiger partial charge in [0.15, 0.2) is 0 Å². The molecule has 0 atom stereocenters. The van der Waals surface area contributed by atoms with Crippen LogP contribution in [0.1, 0.15) is 5.56 Å². The van der Waals surface area contributed by atoms with E-state index in [4.69, 9.17) is 0 Å². The van der Waals surface area contributed by atoms with E-state index in [0.717, 1.165) is 29.3 Å². The second kappa shape index (κ2) is 6.04. The summed E-state index contributed by atoms with van der Waals surface area (Å²) in [5, 5.41) is 23.7. The summed E-state index contributed by atoms with van der Waals surface area (Å²) in [7, 11) is 0. The first kappa shape index (κ1) is 16.1. The average Bonchev–Trinajstić information content (AvgIpc) is 2.85. The Morgan fingerprint density at radius 3 is 2.44 bits per heavy atom. The molecule has 1 fully saturated rings. The zero-order chi connectivity index (χ0) is 18.1. The molecule has 1 N–H and O–H groups in total. The SMILES string of the molecule is O=C1NN(c2ccc(F)cc2)C(=O)/C1=C\c1cccc([N+](=O)[O-])c1[O-]. The Labute approximate surface area is 139 Å². The second-order valence-corrected chi connectivity index (χ2v) is 5.07. The lowest BCUT2D eigenvalue weighted by atomic mass is 10.1. The third-order valence-corrected chi connectivity index (χ3v) is 3.50. The van der Waals surface area contributed by atoms with Crippen LogP contribution < -0.4 is 15.5 Å². The van der Waals surface area contributed by atoms with Gasteiger partial charge in [0.05, 0.1) is 10.6 Å². The van der Waals surface area contributed by atoms with E-state index in [1.807, 2.05) is 0 Å². The molecule has 0 radical (unpaired) electrons. The number of hydrazine groups is 1. The van der Waals surface area contributed by atoms with Gasteiger partial charge in [0, 0.05) is 6.07 Å². The van der Waals surface area contributed by atoms with E-state index in [9.17, 15) is 29.2 Å². The van der Waals surface area contributed by atoms with Gasteiger partial charge >= 0.3 is 0 Å². The number of anilines is 1. The number of carbonyl (C=O) groups is 2. The number of nitrogens with one attached hydrogen (secondary N) is 1. The number of nitro groups is 1. The van der Waals surface area contributed by atoms with Crippen LogP contribution in [0.2, 0.25) is 0 Å². The molecule has 0 aliphatic carbocycles. The molecule has 1 heterocycles. The Balaban J connectivity index is 1.98. The number of hydrogen-bond donors (Lipinski definition) is 1. The first-order valence-electron chi connectivity index (χ1n) is 6.95. The molecule has 0 aromatic heterocycles. The number of para-hydroxylation sites is 1. The monoisotopic (exact) mass is 342 g/mol. The Bertz CT molecular complexity index is 924. The lowest BCUT2D eigenvalue weighted by Crippen LogP contribution is -2.35. The lowest BCUT2D eigenvalue weighted by molar-refractivity contribution is -0.398. The zero-order valence-corrected chi connectivity index (χ0v) is 12.4. The summed E-state index contributed by atoms with van der Waals surface area (Å²) < 4.78 is 13.0. The predicted octanol–water partition coefficient (Wildman–Crippen LogP) is 1.27. The van der Waals surface area contributed by atoms with Gasteiger partial charge in [-0.2, -0.15) is 0 Å². The molecular weight excluding hydrogens is 333 g/mol. The van der Waals surface area contributed by atoms with Crippen LogP contribution in [-0.2, 0) is 9.59 Å². The van der Waals surface area contributed by atoms with E-state index in [1.165, 1.54) is 24.3 Å². The van der Waals surface area contributed by atoms with Crippen molar-refractivity contribution in [3.63, 3.8) is 0 Å². The molecular formula is C16H9FN3O5-. The summed E-state index contributed by atoms with van der Waals surface area (Å²) in [5.41, 5.74) is 1.34. The van der Waals surface area contributed by atoms with Gasteiger partial charge in [0.2, 0.25) is 0 Å². The largest absolute Gasteiger partial charge is 0.867 e. The molecule has 8 nitrogen and oxygen atoms in total. The third kappa shape index (κ3) is 2.90. The van der Waals surface area contributed by atoms with Crippen molar-refractivity contribution in [2.45, 2.75) is 0 Å². The van der Waals surface area contributed by atoms with Crippen molar-refractivity contribution >= 4 is 29.3 Å². The molecule has 1 aliphatic heterocycles. The van der Waals surface area contributed by atoms with Crippen molar-refractivity contribution < 1.29 is 24.0 Å². The van der Waals surface area contributed by atoms with E-state index in [0.29, 0.717) is 0 Å². The first-order valence-corrected chi connectivity index (χ1v) is 6.95. The Morgan fingerprint density at radius 2 is 1.80 bits per heavy atom. The summed E-state index contributed by atoms with van der Waals surface area (Å²) in [5.74, 6) is -2.95. The number of halogens is 1. The van der Waals surface area contributed by atoms with Crippen molar-refractivity contribution in [2.75, 3.05) is 5.01 Å². The fourth-order valence-electron chi connectivity index (χ4n) is 2.28. The number of benzene rings is 2. The van der Waals surface area contributed by atoms with Gasteiger partial charge in [-0.05, 0) is 41.7 Å². The average molecular weight is 342 g/mol. The Kier molecular flexibility index (Phi) is 3.89. The van der Waals surface area contributed by atoms with Crippen molar-refractivity contribution in [1.29, 1.82) is 0 Å². The minimum atomic E-state index is -0.902. The highest BCUT2D eigenvalue weighted by Crippen LogP contribution is 2.29. The molecule has 1 saturated heterocycles. The maximum atomic E-state index is 13.0. The minimum Gasteiger partial charge on any atom is -0.867 e. The zero-order valence-electron chi connectivity index (χ0n) is 12.4. The van der Waals surface area contributed by atoms with Crippen LogP contribution in [0, 0.1) is 15.9 Å². The molecule has 0 spiro atoms. The summed E-state index contributed by atoms with van der Waals surface area (Å²) in [4.78, 5) is 34.4. The van der Waals surface area contributed by atoms with Gasteiger partial charge in [-0.1, -0.05) is 12.1 Å². The molecule has 0 bridgehead atoms. The maximum absolute atomic E-state index is 13.0. The fourth-order valence-corrected chi connectivity index (χ4v) is 2.28. The molecule has 126 valence electrons. The van der Waals surface area contributed by atoms with Crippen LogP contribution in [0.3, 0.4) is 0 Å². The second-order valence-electron chi connectivity index (χ2n) is 5.07. The standard InChI is InChI=1S/C16H10FN3O5/c17-10-4-6-11(7-5-10)19-16(23)12(15(22)18-19)8-9-2-1-3-13(14(9)21)20(24)25/h1-8,21H,(H,18,22)/p-1/b12-8-. The number of nitrogens with zero attached hydrogens (tertiary/aromatic N) is 2. The minimum absolute atomic E-state index is 0.159. The Hall–Kier alpha value is -3.75. The van der Waals surface area contributed by atoms with Gasteiger partial charge in [0.1, 0.15) is 11.4 Å². The molecule has 0 unspecified atom stereocenters. The van der Waals surface area contributed by atoms with E-state index in [1.54, 1.807) is 0 Å². The highest BCUT2D eigenvalue weighted by molar-refractivity contribution is 6.31. The van der Waals surface area contributed by atoms with Gasteiger partial charge in [0.25, 0.3) is 17.5 Å². The molecule has 25 heavy (non-hydrogen) atoms. The van der Waals surface area contributed by atoms with Crippen molar-refractivity contribution in [1.82, 2.24) is 5.43 Å². The number of amides is 2. The number of hydrogen-bond acceptors (Lipinski definition) is 5. The van der Waals surface area contributed by atoms with Crippen LogP contribution in [0.5, 0.6) is 5.75 Å². The van der Waals surface area contributed by atoms with Crippen molar-refractivity contribution in [3.8, 4) is 5.75 Å². The van der Waals surface area contributed by atoms with Gasteiger partial charge in [-0.3, -0.25) is 25.1 Å². The highest BCUT2D eigenvalue weighted by atomic mass is 19.1.